The number of aryl methyl sites for hydroxylation is 1. The summed E-state index contributed by atoms with van der Waals surface area (Å²) in [7, 11) is 1.60. The molecule has 7 nitrogen and oxygen atoms in total. The van der Waals surface area contributed by atoms with Gasteiger partial charge in [0.25, 0.3) is 5.91 Å². The molecular weight excluding hydrogens is 318 g/mol. The zero-order chi connectivity index (χ0) is 17.4. The number of benzene rings is 1. The minimum Gasteiger partial charge on any atom is -0.494 e. The van der Waals surface area contributed by atoms with Crippen molar-refractivity contribution < 1.29 is 9.53 Å². The molecule has 0 radical (unpaired) electrons. The van der Waals surface area contributed by atoms with Crippen LogP contribution in [0.2, 0.25) is 0 Å². The summed E-state index contributed by atoms with van der Waals surface area (Å²) in [4.78, 5) is 25.6. The highest BCUT2D eigenvalue weighted by molar-refractivity contribution is 5.96. The van der Waals surface area contributed by atoms with Gasteiger partial charge in [-0.2, -0.15) is 4.99 Å². The van der Waals surface area contributed by atoms with Crippen LogP contribution in [0.3, 0.4) is 0 Å². The van der Waals surface area contributed by atoms with Crippen molar-refractivity contribution >= 4 is 22.6 Å². The van der Waals surface area contributed by atoms with Crippen LogP contribution in [0.5, 0.6) is 5.75 Å². The van der Waals surface area contributed by atoms with E-state index in [0.29, 0.717) is 34.7 Å². The Morgan fingerprint density at radius 2 is 2.20 bits per heavy atom. The molecule has 25 heavy (non-hydrogen) atoms. The third-order valence-electron chi connectivity index (χ3n) is 4.26. The van der Waals surface area contributed by atoms with Gasteiger partial charge in [0.05, 0.1) is 18.4 Å². The monoisotopic (exact) mass is 335 g/mol. The number of fused-ring (bicyclic) bond motifs is 3. The van der Waals surface area contributed by atoms with Gasteiger partial charge in [-0.25, -0.2) is 4.98 Å². The number of amides is 1. The molecule has 1 amide bonds. The van der Waals surface area contributed by atoms with Crippen molar-refractivity contribution in [2.45, 2.75) is 13.5 Å². The summed E-state index contributed by atoms with van der Waals surface area (Å²) in [6.45, 7) is 3.26. The van der Waals surface area contributed by atoms with Crippen LogP contribution in [0.25, 0.3) is 10.9 Å². The lowest BCUT2D eigenvalue weighted by molar-refractivity contribution is 0.0995. The van der Waals surface area contributed by atoms with Gasteiger partial charge in [-0.15, -0.1) is 0 Å². The molecule has 0 saturated heterocycles. The topological polar surface area (TPSA) is 81.4 Å². The number of pyridine rings is 1. The maximum absolute atomic E-state index is 12.6. The second kappa shape index (κ2) is 6.01. The lowest BCUT2D eigenvalue weighted by Crippen LogP contribution is -2.25. The zero-order valence-electron chi connectivity index (χ0n) is 14.0. The van der Waals surface area contributed by atoms with Gasteiger partial charge in [0.2, 0.25) is 5.62 Å². The molecule has 0 saturated carbocycles. The molecule has 3 heterocycles. The molecular formula is C18H17N5O2. The Kier molecular flexibility index (Phi) is 3.68. The van der Waals surface area contributed by atoms with Crippen molar-refractivity contribution in [3.63, 3.8) is 0 Å². The van der Waals surface area contributed by atoms with E-state index in [2.05, 4.69) is 20.3 Å². The molecule has 0 spiro atoms. The van der Waals surface area contributed by atoms with Crippen LogP contribution in [-0.4, -0.2) is 34.1 Å². The first-order valence-corrected chi connectivity index (χ1v) is 8.01. The molecule has 1 aromatic carbocycles. The number of aromatic nitrogens is 3. The van der Waals surface area contributed by atoms with Gasteiger partial charge < -0.3 is 10.1 Å². The fraction of sp³-hybridized carbons (Fsp3) is 0.222. The molecule has 0 atom stereocenters. The Morgan fingerprint density at radius 1 is 1.32 bits per heavy atom. The van der Waals surface area contributed by atoms with Gasteiger partial charge in [0, 0.05) is 24.7 Å². The highest BCUT2D eigenvalue weighted by Crippen LogP contribution is 2.29. The predicted octanol–water partition coefficient (Wildman–Crippen LogP) is 1.91. The van der Waals surface area contributed by atoms with Crippen LogP contribution in [0, 0.1) is 6.92 Å². The Hall–Kier alpha value is -3.22. The lowest BCUT2D eigenvalue weighted by atomic mass is 10.2. The first-order valence-electron chi connectivity index (χ1n) is 8.01. The van der Waals surface area contributed by atoms with Gasteiger partial charge in [-0.05, 0) is 31.2 Å². The van der Waals surface area contributed by atoms with Crippen LogP contribution < -0.4 is 15.7 Å². The summed E-state index contributed by atoms with van der Waals surface area (Å²) in [6, 6.07) is 9.19. The van der Waals surface area contributed by atoms with E-state index in [4.69, 9.17) is 4.74 Å². The van der Waals surface area contributed by atoms with Crippen LogP contribution in [0.4, 0.5) is 5.82 Å². The van der Waals surface area contributed by atoms with Crippen molar-refractivity contribution in [2.24, 2.45) is 4.99 Å². The highest BCUT2D eigenvalue weighted by Gasteiger charge is 2.18. The number of carbonyl (C=O) groups excluding carboxylic acids is 1. The number of nitrogens with one attached hydrogen (secondary N) is 1. The third-order valence-corrected chi connectivity index (χ3v) is 4.26. The molecule has 1 N–H and O–H groups in total. The van der Waals surface area contributed by atoms with Gasteiger partial charge in [-0.1, -0.05) is 6.07 Å². The van der Waals surface area contributed by atoms with Gasteiger partial charge in [0.1, 0.15) is 17.1 Å². The number of hydrogen-bond acceptors (Lipinski definition) is 5. The minimum absolute atomic E-state index is 0.353. The Labute approximate surface area is 144 Å². The molecule has 126 valence electrons. The van der Waals surface area contributed by atoms with E-state index in [9.17, 15) is 4.79 Å². The molecule has 1 aliphatic heterocycles. The zero-order valence-corrected chi connectivity index (χ0v) is 14.0. The number of nitrogens with zero attached hydrogens (tertiary/aromatic N) is 4. The summed E-state index contributed by atoms with van der Waals surface area (Å²) >= 11 is 0. The van der Waals surface area contributed by atoms with E-state index in [1.165, 1.54) is 0 Å². The Morgan fingerprint density at radius 3 is 3.00 bits per heavy atom. The average molecular weight is 335 g/mol. The Bertz CT molecular complexity index is 1060. The van der Waals surface area contributed by atoms with Gasteiger partial charge >= 0.3 is 0 Å². The number of methoxy groups -OCH3 is 1. The van der Waals surface area contributed by atoms with E-state index in [1.54, 1.807) is 32.4 Å². The molecule has 0 unspecified atom stereocenters. The number of hydrogen-bond donors (Lipinski definition) is 1. The molecule has 0 aliphatic carbocycles. The van der Waals surface area contributed by atoms with E-state index < -0.39 is 0 Å². The van der Waals surface area contributed by atoms with Crippen molar-refractivity contribution in [3.8, 4) is 5.75 Å². The summed E-state index contributed by atoms with van der Waals surface area (Å²) in [5, 5.41) is 4.29. The molecule has 3 aromatic rings. The van der Waals surface area contributed by atoms with Crippen LogP contribution >= 0.6 is 0 Å². The fourth-order valence-electron chi connectivity index (χ4n) is 3.03. The van der Waals surface area contributed by atoms with Crippen molar-refractivity contribution in [3.05, 3.63) is 53.4 Å². The number of para-hydroxylation sites is 1. The summed E-state index contributed by atoms with van der Waals surface area (Å²) < 4.78 is 7.34. The van der Waals surface area contributed by atoms with Crippen molar-refractivity contribution in [1.82, 2.24) is 14.5 Å². The SMILES string of the molecule is COc1cccc2c3n(c(=NC(=O)c4cccnc4C)nc12)CCN3. The standard InChI is InChI=1S/C18H17N5O2/c1-11-12(6-4-8-19-11)17(24)22-18-21-15-13(5-3-7-14(15)25-2)16-20-9-10-23(16)18/h3-8,20H,9-10H2,1-2H3. The number of ether oxygens (including phenoxy) is 1. The van der Waals surface area contributed by atoms with E-state index in [-0.39, 0.29) is 5.91 Å². The van der Waals surface area contributed by atoms with Gasteiger partial charge in [-0.3, -0.25) is 14.3 Å². The molecule has 0 fully saturated rings. The minimum atomic E-state index is -0.353. The highest BCUT2D eigenvalue weighted by atomic mass is 16.5. The van der Waals surface area contributed by atoms with Crippen LogP contribution in [-0.2, 0) is 6.54 Å². The maximum atomic E-state index is 12.6. The summed E-state index contributed by atoms with van der Waals surface area (Å²) in [5.41, 5.74) is 2.17. The first-order chi connectivity index (χ1) is 12.2. The third kappa shape index (κ3) is 2.53. The molecule has 7 heteroatoms. The van der Waals surface area contributed by atoms with Crippen LogP contribution in [0.15, 0.2) is 41.5 Å². The number of carbonyl (C=O) groups is 1. The second-order valence-corrected chi connectivity index (χ2v) is 5.75. The first kappa shape index (κ1) is 15.3. The summed E-state index contributed by atoms with van der Waals surface area (Å²) in [5.74, 6) is 1.20. The normalized spacial score (nSPS) is 13.6. The average Bonchev–Trinajstić information content (AvgIpc) is 3.12. The Balaban J connectivity index is 1.96. The predicted molar refractivity (Wildman–Crippen MR) is 93.6 cm³/mol. The van der Waals surface area contributed by atoms with E-state index in [1.807, 2.05) is 22.8 Å². The quantitative estimate of drug-likeness (QED) is 0.774. The summed E-state index contributed by atoms with van der Waals surface area (Å²) in [6.07, 6.45) is 1.65. The molecule has 4 rings (SSSR count). The van der Waals surface area contributed by atoms with Crippen molar-refractivity contribution in [2.75, 3.05) is 19.0 Å². The molecule has 1 aliphatic rings. The van der Waals surface area contributed by atoms with Crippen molar-refractivity contribution in [1.29, 1.82) is 0 Å². The largest absolute Gasteiger partial charge is 0.494 e. The van der Waals surface area contributed by atoms with Crippen LogP contribution in [0.1, 0.15) is 16.1 Å². The van der Waals surface area contributed by atoms with Gasteiger partial charge in [0.15, 0.2) is 0 Å². The number of anilines is 1. The molecule has 0 bridgehead atoms. The number of rotatable bonds is 2. The lowest BCUT2D eigenvalue weighted by Gasteiger charge is -2.10. The van der Waals surface area contributed by atoms with E-state index >= 15 is 0 Å². The molecule has 2 aromatic heterocycles. The fourth-order valence-corrected chi connectivity index (χ4v) is 3.03. The maximum Gasteiger partial charge on any atom is 0.282 e. The van der Waals surface area contributed by atoms with E-state index in [0.717, 1.165) is 17.7 Å². The second-order valence-electron chi connectivity index (χ2n) is 5.75. The smallest absolute Gasteiger partial charge is 0.282 e.